The second kappa shape index (κ2) is 9.87. The zero-order valence-electron chi connectivity index (χ0n) is 22.0. The quantitative estimate of drug-likeness (QED) is 0.482. The second-order valence-corrected chi connectivity index (χ2v) is 10.4. The Bertz CT molecular complexity index is 1400. The molecule has 0 N–H and O–H groups in total. The first-order valence-electron chi connectivity index (χ1n) is 13.3. The summed E-state index contributed by atoms with van der Waals surface area (Å²) in [6.07, 6.45) is 3.04. The Morgan fingerprint density at radius 1 is 1.11 bits per heavy atom. The highest BCUT2D eigenvalue weighted by atomic mass is 19.1. The number of nitrogens with zero attached hydrogens (tertiary/aromatic N) is 6. The van der Waals surface area contributed by atoms with E-state index < -0.39 is 0 Å². The molecule has 4 heterocycles. The number of amides is 1. The smallest absolute Gasteiger partial charge is 0.246 e. The third kappa shape index (κ3) is 4.24. The van der Waals surface area contributed by atoms with E-state index in [1.807, 2.05) is 23.1 Å². The van der Waals surface area contributed by atoms with Crippen molar-refractivity contribution in [2.45, 2.75) is 18.9 Å². The van der Waals surface area contributed by atoms with Gasteiger partial charge in [0.1, 0.15) is 17.4 Å². The van der Waals surface area contributed by atoms with E-state index in [0.717, 1.165) is 59.5 Å². The topological polar surface area (TPSA) is 65.0 Å². The van der Waals surface area contributed by atoms with Crippen molar-refractivity contribution >= 4 is 28.6 Å². The summed E-state index contributed by atoms with van der Waals surface area (Å²) in [6, 6.07) is 9.35. The lowest BCUT2D eigenvalue weighted by atomic mass is 9.92. The standard InChI is InChI=1S/C29H33FN6O2/c1-4-25(37)34-11-13-35(14-12-34)28-26-24(31-29(32-28)36-17-19(18-36)33(2)3)16-22(20-8-5-6-10-23(20)30)21-9-7-15-38-27(21)26/h4-6,8,10,16,19H,1,7,9,11-15,17-18H2,2-3H3. The number of halogens is 1. The van der Waals surface area contributed by atoms with Crippen LogP contribution in [0.4, 0.5) is 16.2 Å². The van der Waals surface area contributed by atoms with Crippen LogP contribution < -0.4 is 14.5 Å². The van der Waals surface area contributed by atoms with Crippen LogP contribution in [-0.2, 0) is 11.2 Å². The van der Waals surface area contributed by atoms with Crippen molar-refractivity contribution in [3.63, 3.8) is 0 Å². The molecule has 1 aromatic heterocycles. The third-order valence-corrected chi connectivity index (χ3v) is 7.94. The summed E-state index contributed by atoms with van der Waals surface area (Å²) in [6.45, 7) is 8.41. The first-order chi connectivity index (χ1) is 18.4. The number of aromatic nitrogens is 2. The van der Waals surface area contributed by atoms with Crippen LogP contribution in [0.15, 0.2) is 43.0 Å². The number of anilines is 2. The van der Waals surface area contributed by atoms with Crippen LogP contribution in [0.25, 0.3) is 22.0 Å². The average molecular weight is 517 g/mol. The maximum atomic E-state index is 15.0. The minimum absolute atomic E-state index is 0.0524. The van der Waals surface area contributed by atoms with E-state index in [0.29, 0.717) is 50.3 Å². The molecule has 3 aliphatic heterocycles. The van der Waals surface area contributed by atoms with Gasteiger partial charge in [0.15, 0.2) is 0 Å². The van der Waals surface area contributed by atoms with Crippen LogP contribution in [-0.4, -0.2) is 91.7 Å². The number of benzene rings is 2. The molecular weight excluding hydrogens is 483 g/mol. The van der Waals surface area contributed by atoms with E-state index in [1.54, 1.807) is 6.07 Å². The van der Waals surface area contributed by atoms with E-state index in [1.165, 1.54) is 12.1 Å². The van der Waals surface area contributed by atoms with Crippen molar-refractivity contribution in [2.24, 2.45) is 0 Å². The minimum atomic E-state index is -0.256. The highest BCUT2D eigenvalue weighted by Gasteiger charge is 2.33. The van der Waals surface area contributed by atoms with Gasteiger partial charge in [-0.1, -0.05) is 24.8 Å². The summed E-state index contributed by atoms with van der Waals surface area (Å²) >= 11 is 0. The largest absolute Gasteiger partial charge is 0.492 e. The summed E-state index contributed by atoms with van der Waals surface area (Å²) in [7, 11) is 4.17. The SMILES string of the molecule is C=CC(=O)N1CCN(c2nc(N3CC(N(C)C)C3)nc3cc(-c4ccccc4F)c4c(c23)OCCC4)CC1. The van der Waals surface area contributed by atoms with Crippen LogP contribution in [0.2, 0.25) is 0 Å². The molecule has 0 aliphatic carbocycles. The Morgan fingerprint density at radius 3 is 2.58 bits per heavy atom. The summed E-state index contributed by atoms with van der Waals surface area (Å²) in [5.74, 6) is 1.94. The summed E-state index contributed by atoms with van der Waals surface area (Å²) in [5.41, 5.74) is 3.15. The highest BCUT2D eigenvalue weighted by Crippen LogP contribution is 2.45. The lowest BCUT2D eigenvalue weighted by molar-refractivity contribution is -0.126. The fourth-order valence-corrected chi connectivity index (χ4v) is 5.61. The zero-order valence-corrected chi connectivity index (χ0v) is 22.0. The molecule has 0 radical (unpaired) electrons. The molecule has 0 bridgehead atoms. The van der Waals surface area contributed by atoms with Crippen LogP contribution >= 0.6 is 0 Å². The van der Waals surface area contributed by atoms with Gasteiger partial charge in [-0.25, -0.2) is 9.37 Å². The van der Waals surface area contributed by atoms with E-state index in [4.69, 9.17) is 14.7 Å². The molecular formula is C29H33FN6O2. The zero-order chi connectivity index (χ0) is 26.4. The van der Waals surface area contributed by atoms with E-state index in [2.05, 4.69) is 35.4 Å². The van der Waals surface area contributed by atoms with E-state index in [9.17, 15) is 4.79 Å². The predicted octanol–water partition coefficient (Wildman–Crippen LogP) is 3.35. The van der Waals surface area contributed by atoms with Crippen molar-refractivity contribution < 1.29 is 13.9 Å². The Balaban J connectivity index is 1.50. The number of ether oxygens (including phenoxy) is 1. The van der Waals surface area contributed by atoms with Gasteiger partial charge in [0.25, 0.3) is 0 Å². The van der Waals surface area contributed by atoms with Crippen LogP contribution in [0.3, 0.4) is 0 Å². The molecule has 0 spiro atoms. The van der Waals surface area contributed by atoms with Crippen molar-refractivity contribution in [3.8, 4) is 16.9 Å². The van der Waals surface area contributed by atoms with Gasteiger partial charge in [-0.3, -0.25) is 4.79 Å². The number of fused-ring (bicyclic) bond motifs is 3. The van der Waals surface area contributed by atoms with Gasteiger partial charge in [-0.15, -0.1) is 0 Å². The Morgan fingerprint density at radius 2 is 1.87 bits per heavy atom. The highest BCUT2D eigenvalue weighted by molar-refractivity contribution is 6.01. The minimum Gasteiger partial charge on any atom is -0.492 e. The van der Waals surface area contributed by atoms with Gasteiger partial charge in [0, 0.05) is 56.4 Å². The maximum Gasteiger partial charge on any atom is 0.246 e. The van der Waals surface area contributed by atoms with Crippen LogP contribution in [0.1, 0.15) is 12.0 Å². The van der Waals surface area contributed by atoms with Gasteiger partial charge in [-0.2, -0.15) is 4.98 Å². The molecule has 2 fully saturated rings. The normalized spacial score (nSPS) is 17.8. The molecule has 8 nitrogen and oxygen atoms in total. The monoisotopic (exact) mass is 516 g/mol. The first-order valence-corrected chi connectivity index (χ1v) is 13.3. The molecule has 38 heavy (non-hydrogen) atoms. The Labute approximate surface area is 222 Å². The Kier molecular flexibility index (Phi) is 6.39. The van der Waals surface area contributed by atoms with E-state index in [-0.39, 0.29) is 11.7 Å². The third-order valence-electron chi connectivity index (χ3n) is 7.94. The number of hydrogen-bond acceptors (Lipinski definition) is 7. The molecule has 1 amide bonds. The lowest BCUT2D eigenvalue weighted by Crippen LogP contribution is -2.58. The van der Waals surface area contributed by atoms with Crippen molar-refractivity contribution in [3.05, 3.63) is 54.4 Å². The molecule has 2 aromatic carbocycles. The van der Waals surface area contributed by atoms with Gasteiger partial charge in [0.2, 0.25) is 11.9 Å². The summed E-state index contributed by atoms with van der Waals surface area (Å²) in [5, 5.41) is 0.872. The lowest BCUT2D eigenvalue weighted by Gasteiger charge is -2.43. The number of piperazine rings is 1. The molecule has 3 aromatic rings. The van der Waals surface area contributed by atoms with Crippen molar-refractivity contribution in [1.29, 1.82) is 0 Å². The fraction of sp³-hybridized carbons (Fsp3) is 0.414. The molecule has 0 atom stereocenters. The second-order valence-electron chi connectivity index (χ2n) is 10.4. The number of rotatable bonds is 5. The molecule has 9 heteroatoms. The molecule has 0 unspecified atom stereocenters. The molecule has 2 saturated heterocycles. The number of carbonyl (C=O) groups is 1. The predicted molar refractivity (Wildman–Crippen MR) is 147 cm³/mol. The average Bonchev–Trinajstić information content (AvgIpc) is 2.91. The maximum absolute atomic E-state index is 15.0. The van der Waals surface area contributed by atoms with Gasteiger partial charge < -0.3 is 24.3 Å². The molecule has 0 saturated carbocycles. The summed E-state index contributed by atoms with van der Waals surface area (Å²) < 4.78 is 21.3. The molecule has 3 aliphatic rings. The van der Waals surface area contributed by atoms with Gasteiger partial charge >= 0.3 is 0 Å². The molecule has 6 rings (SSSR count). The Hall–Kier alpha value is -3.72. The molecule has 198 valence electrons. The van der Waals surface area contributed by atoms with Crippen LogP contribution in [0.5, 0.6) is 5.75 Å². The van der Waals surface area contributed by atoms with Gasteiger partial charge in [0.05, 0.1) is 17.5 Å². The summed E-state index contributed by atoms with van der Waals surface area (Å²) in [4.78, 5) is 30.8. The van der Waals surface area contributed by atoms with Crippen molar-refractivity contribution in [1.82, 2.24) is 19.8 Å². The van der Waals surface area contributed by atoms with Crippen LogP contribution in [0, 0.1) is 5.82 Å². The first kappa shape index (κ1) is 24.6. The van der Waals surface area contributed by atoms with E-state index >= 15 is 4.39 Å². The fourth-order valence-electron chi connectivity index (χ4n) is 5.61. The van der Waals surface area contributed by atoms with Crippen molar-refractivity contribution in [2.75, 3.05) is 69.8 Å². The van der Waals surface area contributed by atoms with Gasteiger partial charge in [-0.05, 0) is 50.7 Å². The number of likely N-dealkylation sites (N-methyl/N-ethyl adjacent to an activating group) is 1. The number of carbonyl (C=O) groups excluding carboxylic acids is 1. The number of hydrogen-bond donors (Lipinski definition) is 0.